The van der Waals surface area contributed by atoms with Gasteiger partial charge in [0.15, 0.2) is 0 Å². The van der Waals surface area contributed by atoms with Crippen molar-refractivity contribution in [3.8, 4) is 0 Å². The first-order valence-electron chi connectivity index (χ1n) is 8.23. The van der Waals surface area contributed by atoms with Crippen molar-refractivity contribution in [1.82, 2.24) is 9.88 Å². The smallest absolute Gasteiger partial charge is 0.305 e. The standard InChI is InChI=1S/C18H22N2O5/c1-24-9-7-20-11-14(13-4-2-3-5-15(13)20)17(23)19-18(10-16(21)22)6-8-25-12-18/h2-5,11H,6-10,12H2,1H3,(H,19,23)(H,21,22). The van der Waals surface area contributed by atoms with Crippen LogP contribution in [0.15, 0.2) is 30.5 Å². The summed E-state index contributed by atoms with van der Waals surface area (Å²) in [6.07, 6.45) is 2.14. The highest BCUT2D eigenvalue weighted by Gasteiger charge is 2.39. The van der Waals surface area contributed by atoms with Gasteiger partial charge in [-0.25, -0.2) is 0 Å². The van der Waals surface area contributed by atoms with Crippen molar-refractivity contribution >= 4 is 22.8 Å². The third-order valence-corrected chi connectivity index (χ3v) is 4.54. The molecule has 1 aromatic heterocycles. The van der Waals surface area contributed by atoms with Crippen LogP contribution in [0.5, 0.6) is 0 Å². The van der Waals surface area contributed by atoms with Crippen LogP contribution in [0.1, 0.15) is 23.2 Å². The van der Waals surface area contributed by atoms with Gasteiger partial charge in [0.1, 0.15) is 0 Å². The zero-order valence-electron chi connectivity index (χ0n) is 14.2. The Hall–Kier alpha value is -2.38. The van der Waals surface area contributed by atoms with Crippen molar-refractivity contribution in [1.29, 1.82) is 0 Å². The Balaban J connectivity index is 1.90. The molecular weight excluding hydrogens is 324 g/mol. The Morgan fingerprint density at radius 3 is 2.88 bits per heavy atom. The van der Waals surface area contributed by atoms with Crippen LogP contribution in [0.3, 0.4) is 0 Å². The van der Waals surface area contributed by atoms with E-state index in [9.17, 15) is 14.7 Å². The number of aliphatic carboxylic acids is 1. The van der Waals surface area contributed by atoms with Gasteiger partial charge in [-0.05, 0) is 12.5 Å². The number of fused-ring (bicyclic) bond motifs is 1. The number of rotatable bonds is 7. The molecule has 1 aromatic carbocycles. The molecule has 1 aliphatic rings. The molecule has 1 aliphatic heterocycles. The molecule has 2 heterocycles. The van der Waals surface area contributed by atoms with Crippen LogP contribution in [0.4, 0.5) is 0 Å². The second-order valence-corrected chi connectivity index (χ2v) is 6.35. The molecule has 1 fully saturated rings. The molecule has 1 unspecified atom stereocenters. The number of hydrogen-bond acceptors (Lipinski definition) is 4. The van der Waals surface area contributed by atoms with Gasteiger partial charge in [-0.3, -0.25) is 9.59 Å². The summed E-state index contributed by atoms with van der Waals surface area (Å²) in [4.78, 5) is 24.1. The van der Waals surface area contributed by atoms with Crippen molar-refractivity contribution in [2.45, 2.75) is 24.9 Å². The van der Waals surface area contributed by atoms with Crippen LogP contribution in [0, 0.1) is 0 Å². The van der Waals surface area contributed by atoms with Gasteiger partial charge in [0.2, 0.25) is 0 Å². The second-order valence-electron chi connectivity index (χ2n) is 6.35. The van der Waals surface area contributed by atoms with E-state index in [1.807, 2.05) is 28.8 Å². The van der Waals surface area contributed by atoms with Crippen LogP contribution >= 0.6 is 0 Å². The fraction of sp³-hybridized carbons (Fsp3) is 0.444. The average Bonchev–Trinajstić information content (AvgIpc) is 3.17. The molecule has 2 aromatic rings. The van der Waals surface area contributed by atoms with E-state index in [-0.39, 0.29) is 18.9 Å². The number of carboxylic acid groups (broad SMARTS) is 1. The maximum atomic E-state index is 12.9. The number of benzene rings is 1. The minimum Gasteiger partial charge on any atom is -0.481 e. The third-order valence-electron chi connectivity index (χ3n) is 4.54. The lowest BCUT2D eigenvalue weighted by Crippen LogP contribution is -2.50. The normalized spacial score (nSPS) is 20.0. The van der Waals surface area contributed by atoms with E-state index in [0.717, 1.165) is 10.9 Å². The van der Waals surface area contributed by atoms with Crippen LogP contribution in [0.2, 0.25) is 0 Å². The van der Waals surface area contributed by atoms with Gasteiger partial charge in [0, 0.05) is 37.4 Å². The van der Waals surface area contributed by atoms with Crippen LogP contribution in [0.25, 0.3) is 10.9 Å². The number of methoxy groups -OCH3 is 1. The maximum Gasteiger partial charge on any atom is 0.305 e. The predicted molar refractivity (Wildman–Crippen MR) is 91.7 cm³/mol. The van der Waals surface area contributed by atoms with Crippen molar-refractivity contribution in [3.05, 3.63) is 36.0 Å². The first-order chi connectivity index (χ1) is 12.0. The van der Waals surface area contributed by atoms with E-state index in [1.54, 1.807) is 13.3 Å². The number of hydrogen-bond donors (Lipinski definition) is 2. The molecule has 2 N–H and O–H groups in total. The van der Waals surface area contributed by atoms with Crippen molar-refractivity contribution in [2.75, 3.05) is 26.9 Å². The highest BCUT2D eigenvalue weighted by atomic mass is 16.5. The number of carboxylic acids is 1. The quantitative estimate of drug-likeness (QED) is 0.796. The van der Waals surface area contributed by atoms with E-state index in [4.69, 9.17) is 9.47 Å². The van der Waals surface area contributed by atoms with Crippen molar-refractivity contribution in [2.24, 2.45) is 0 Å². The minimum atomic E-state index is -0.951. The Bertz CT molecular complexity index is 777. The molecule has 3 rings (SSSR count). The largest absolute Gasteiger partial charge is 0.481 e. The molecule has 0 radical (unpaired) electrons. The van der Waals surface area contributed by atoms with E-state index < -0.39 is 11.5 Å². The summed E-state index contributed by atoms with van der Waals surface area (Å²) in [5.41, 5.74) is 0.626. The summed E-state index contributed by atoms with van der Waals surface area (Å²) in [7, 11) is 1.63. The molecule has 0 spiro atoms. The monoisotopic (exact) mass is 346 g/mol. The molecule has 134 valence electrons. The van der Waals surface area contributed by atoms with Gasteiger partial charge >= 0.3 is 5.97 Å². The Kier molecular flexibility index (Phi) is 5.06. The Morgan fingerprint density at radius 2 is 2.20 bits per heavy atom. The number of aromatic nitrogens is 1. The third kappa shape index (κ3) is 3.67. The predicted octanol–water partition coefficient (Wildman–Crippen LogP) is 1.65. The summed E-state index contributed by atoms with van der Waals surface area (Å²) in [5.74, 6) is -1.23. The van der Waals surface area contributed by atoms with Crippen LogP contribution in [-0.2, 0) is 20.8 Å². The number of ether oxygens (including phenoxy) is 2. The molecular formula is C18H22N2O5. The zero-order valence-corrected chi connectivity index (χ0v) is 14.2. The first-order valence-corrected chi connectivity index (χ1v) is 8.23. The van der Waals surface area contributed by atoms with E-state index in [0.29, 0.717) is 31.7 Å². The van der Waals surface area contributed by atoms with E-state index >= 15 is 0 Å². The summed E-state index contributed by atoms with van der Waals surface area (Å²) in [6, 6.07) is 7.64. The Labute approximate surface area is 145 Å². The molecule has 1 saturated heterocycles. The summed E-state index contributed by atoms with van der Waals surface area (Å²) >= 11 is 0. The maximum absolute atomic E-state index is 12.9. The highest BCUT2D eigenvalue weighted by molar-refractivity contribution is 6.07. The van der Waals surface area contributed by atoms with Gasteiger partial charge < -0.3 is 24.5 Å². The van der Waals surface area contributed by atoms with Crippen LogP contribution in [-0.4, -0.2) is 54.0 Å². The number of nitrogens with zero attached hydrogens (tertiary/aromatic N) is 1. The number of nitrogens with one attached hydrogen (secondary N) is 1. The molecule has 0 bridgehead atoms. The molecule has 0 aliphatic carbocycles. The van der Waals surface area contributed by atoms with Gasteiger partial charge in [-0.1, -0.05) is 18.2 Å². The average molecular weight is 346 g/mol. The van der Waals surface area contributed by atoms with Gasteiger partial charge in [-0.15, -0.1) is 0 Å². The number of carbonyl (C=O) groups excluding carboxylic acids is 1. The van der Waals surface area contributed by atoms with Crippen LogP contribution < -0.4 is 5.32 Å². The lowest BCUT2D eigenvalue weighted by atomic mass is 9.93. The lowest BCUT2D eigenvalue weighted by Gasteiger charge is -2.26. The minimum absolute atomic E-state index is 0.152. The molecule has 25 heavy (non-hydrogen) atoms. The first kappa shape index (κ1) is 17.4. The molecule has 0 saturated carbocycles. The topological polar surface area (TPSA) is 89.8 Å². The second kappa shape index (κ2) is 7.25. The SMILES string of the molecule is COCCn1cc(C(=O)NC2(CC(=O)O)CCOC2)c2ccccc21. The molecule has 7 heteroatoms. The van der Waals surface area contributed by atoms with Crippen molar-refractivity contribution in [3.63, 3.8) is 0 Å². The summed E-state index contributed by atoms with van der Waals surface area (Å²) in [5, 5.41) is 12.9. The molecule has 7 nitrogen and oxygen atoms in total. The fourth-order valence-electron chi connectivity index (χ4n) is 3.29. The molecule has 1 amide bonds. The summed E-state index contributed by atoms with van der Waals surface area (Å²) in [6.45, 7) is 1.83. The number of amides is 1. The molecule has 1 atom stereocenters. The van der Waals surface area contributed by atoms with Gasteiger partial charge in [0.05, 0.1) is 30.7 Å². The zero-order chi connectivity index (χ0) is 17.9. The number of carbonyl (C=O) groups is 2. The van der Waals surface area contributed by atoms with Gasteiger partial charge in [0.25, 0.3) is 5.91 Å². The lowest BCUT2D eigenvalue weighted by molar-refractivity contribution is -0.138. The van der Waals surface area contributed by atoms with E-state index in [2.05, 4.69) is 5.32 Å². The summed E-state index contributed by atoms with van der Waals surface area (Å²) < 4.78 is 12.4. The van der Waals surface area contributed by atoms with Gasteiger partial charge in [-0.2, -0.15) is 0 Å². The number of para-hydroxylation sites is 1. The van der Waals surface area contributed by atoms with E-state index in [1.165, 1.54) is 0 Å². The highest BCUT2D eigenvalue weighted by Crippen LogP contribution is 2.26. The Morgan fingerprint density at radius 1 is 1.40 bits per heavy atom. The fourth-order valence-corrected chi connectivity index (χ4v) is 3.29. The van der Waals surface area contributed by atoms with Crippen molar-refractivity contribution < 1.29 is 24.2 Å².